The molecule has 3 aliphatic carbocycles. The van der Waals surface area contributed by atoms with Gasteiger partial charge in [0.05, 0.1) is 42.9 Å². The molecule has 2 amide bonds. The molecule has 11 heteroatoms. The molecule has 5 atom stereocenters. The molecule has 2 N–H and O–H groups in total. The number of methoxy groups -OCH3 is 1. The van der Waals surface area contributed by atoms with Crippen molar-refractivity contribution in [2.24, 2.45) is 23.7 Å². The Morgan fingerprint density at radius 1 is 0.976 bits per heavy atom. The van der Waals surface area contributed by atoms with E-state index in [1.807, 2.05) is 0 Å². The van der Waals surface area contributed by atoms with Crippen LogP contribution in [0.15, 0.2) is 30.3 Å². The first-order valence-corrected chi connectivity index (χ1v) is 15.1. The number of benzene rings is 2. The second kappa shape index (κ2) is 12.9. The second-order valence-corrected chi connectivity index (χ2v) is 12.0. The van der Waals surface area contributed by atoms with Crippen LogP contribution in [0.2, 0.25) is 0 Å². The molecule has 2 bridgehead atoms. The van der Waals surface area contributed by atoms with Gasteiger partial charge < -0.3 is 24.8 Å². The normalized spacial score (nSPS) is 26.4. The lowest BCUT2D eigenvalue weighted by Crippen LogP contribution is -2.48. The number of ether oxygens (including phenoxy) is 3. The monoisotopic (exact) mass is 602 g/mol. The van der Waals surface area contributed by atoms with E-state index in [9.17, 15) is 18.8 Å². The van der Waals surface area contributed by atoms with Crippen LogP contribution in [-0.4, -0.2) is 43.6 Å². The fourth-order valence-corrected chi connectivity index (χ4v) is 7.13. The molecule has 0 heterocycles. The van der Waals surface area contributed by atoms with Crippen molar-refractivity contribution < 1.29 is 37.4 Å². The van der Waals surface area contributed by atoms with Gasteiger partial charge in [0, 0.05) is 12.1 Å². The van der Waals surface area contributed by atoms with Gasteiger partial charge in [-0.2, -0.15) is 0 Å². The summed E-state index contributed by atoms with van der Waals surface area (Å²) in [5.74, 6) is -2.84. The zero-order chi connectivity index (χ0) is 30.0. The lowest BCUT2D eigenvalue weighted by atomic mass is 9.83. The molecule has 42 heavy (non-hydrogen) atoms. The van der Waals surface area contributed by atoms with Gasteiger partial charge in [-0.1, -0.05) is 12.1 Å². The summed E-state index contributed by atoms with van der Waals surface area (Å²) in [5.41, 5.74) is 0.205. The molecule has 0 saturated heterocycles. The van der Waals surface area contributed by atoms with Crippen LogP contribution in [0.4, 0.5) is 14.5 Å². The first-order valence-electron chi connectivity index (χ1n) is 14.6. The van der Waals surface area contributed by atoms with Crippen molar-refractivity contribution in [3.8, 4) is 11.5 Å². The van der Waals surface area contributed by atoms with E-state index in [2.05, 4.69) is 19.9 Å². The van der Waals surface area contributed by atoms with E-state index in [0.29, 0.717) is 37.6 Å². The molecule has 3 aliphatic rings. The first-order chi connectivity index (χ1) is 20.2. The fraction of sp³-hybridized carbons (Fsp3) is 0.516. The predicted molar refractivity (Wildman–Crippen MR) is 156 cm³/mol. The Labute approximate surface area is 246 Å². The Balaban J connectivity index is 1.30. The van der Waals surface area contributed by atoms with E-state index in [1.54, 1.807) is 19.1 Å². The highest BCUT2D eigenvalue weighted by Crippen LogP contribution is 2.49. The third-order valence-corrected chi connectivity index (χ3v) is 9.38. The van der Waals surface area contributed by atoms with Crippen molar-refractivity contribution in [3.63, 3.8) is 0 Å². The maximum Gasteiger partial charge on any atom is 0.308 e. The number of anilines is 1. The Hall–Kier alpha value is -3.26. The minimum atomic E-state index is -0.661. The molecule has 0 spiro atoms. The number of halogens is 2. The molecule has 0 radical (unpaired) electrons. The topological polar surface area (TPSA) is 103 Å². The van der Waals surface area contributed by atoms with Gasteiger partial charge in [0.2, 0.25) is 5.91 Å². The van der Waals surface area contributed by atoms with Crippen LogP contribution in [0, 0.1) is 35.3 Å². The Morgan fingerprint density at radius 2 is 1.71 bits per heavy atom. The van der Waals surface area contributed by atoms with Crippen molar-refractivity contribution in [1.82, 2.24) is 5.32 Å². The van der Waals surface area contributed by atoms with Crippen molar-refractivity contribution in [2.45, 2.75) is 64.0 Å². The van der Waals surface area contributed by atoms with Crippen LogP contribution in [0.25, 0.3) is 0 Å². The van der Waals surface area contributed by atoms with Gasteiger partial charge in [0.1, 0.15) is 11.6 Å². The summed E-state index contributed by atoms with van der Waals surface area (Å²) in [6.45, 7) is 2.10. The van der Waals surface area contributed by atoms with Crippen LogP contribution in [-0.2, 0) is 14.3 Å². The largest absolute Gasteiger partial charge is 0.496 e. The molecule has 3 fully saturated rings. The number of hydrogen-bond acceptors (Lipinski definition) is 6. The summed E-state index contributed by atoms with van der Waals surface area (Å²) in [6, 6.07) is 6.54. The Bertz CT molecular complexity index is 1330. The molecule has 3 saturated carbocycles. The zero-order valence-corrected chi connectivity index (χ0v) is 24.9. The number of carbonyl (C=O) groups excluding carboxylic acids is 3. The summed E-state index contributed by atoms with van der Waals surface area (Å²) in [7, 11) is 3.77. The van der Waals surface area contributed by atoms with Gasteiger partial charge in [0.25, 0.3) is 5.91 Å². The molecule has 5 rings (SSSR count). The van der Waals surface area contributed by atoms with Crippen LogP contribution in [0.5, 0.6) is 11.5 Å². The first kappa shape index (κ1) is 30.2. The van der Waals surface area contributed by atoms with E-state index in [1.165, 1.54) is 19.2 Å². The number of hydrogen-bond donors (Lipinski definition) is 2. The van der Waals surface area contributed by atoms with E-state index < -0.39 is 29.5 Å². The minimum Gasteiger partial charge on any atom is -0.496 e. The highest BCUT2D eigenvalue weighted by Gasteiger charge is 2.51. The summed E-state index contributed by atoms with van der Waals surface area (Å²) in [6.07, 6.45) is 4.47. The molecule has 8 nitrogen and oxygen atoms in total. The van der Waals surface area contributed by atoms with E-state index in [4.69, 9.17) is 14.2 Å². The maximum atomic E-state index is 15.0. The average molecular weight is 603 g/mol. The Morgan fingerprint density at radius 3 is 2.40 bits per heavy atom. The lowest BCUT2D eigenvalue weighted by Gasteiger charge is -2.31. The summed E-state index contributed by atoms with van der Waals surface area (Å²) >= 11 is 0. The lowest BCUT2D eigenvalue weighted by molar-refractivity contribution is -0.149. The van der Waals surface area contributed by atoms with Crippen LogP contribution < -0.4 is 25.4 Å². The number of carbonyl (C=O) groups is 3. The number of esters is 1. The van der Waals surface area contributed by atoms with Gasteiger partial charge in [-0.15, -0.1) is 9.24 Å². The predicted octanol–water partition coefficient (Wildman–Crippen LogP) is 4.76. The number of fused-ring (bicyclic) bond motifs is 2. The van der Waals surface area contributed by atoms with Crippen LogP contribution in [0.3, 0.4) is 0 Å². The average Bonchev–Trinajstić information content (AvgIpc) is 3.58. The highest BCUT2D eigenvalue weighted by atomic mass is 31.0. The molecule has 1 unspecified atom stereocenters. The van der Waals surface area contributed by atoms with Crippen molar-refractivity contribution in [3.05, 3.63) is 47.5 Å². The van der Waals surface area contributed by atoms with Crippen molar-refractivity contribution >= 4 is 38.0 Å². The van der Waals surface area contributed by atoms with Gasteiger partial charge in [-0.05, 0) is 81.1 Å². The van der Waals surface area contributed by atoms with E-state index >= 15 is 4.39 Å². The third kappa shape index (κ3) is 6.24. The maximum absolute atomic E-state index is 15.0. The highest BCUT2D eigenvalue weighted by molar-refractivity contribution is 7.28. The van der Waals surface area contributed by atoms with Crippen molar-refractivity contribution in [2.75, 3.05) is 19.0 Å². The fourth-order valence-electron chi connectivity index (χ4n) is 6.81. The standard InChI is InChI=1S/C31H37F2N2O6P/c1-3-40-31(38)16-9-11-19(12-10-16)41-24-14-20(23(39-2)15-22(24)33)29(36)34-27-18-8-7-17(13-18)26(27)30(37)35-28-21(32)5-4-6-25(28)42/h4-6,14-19,26-27H,3,7-13,42H2,1-2H3,(H,34,36)(H,35,37)/t16?,17-,18+,19?,26+,27-/m1/s1. The number of para-hydroxylation sites is 1. The number of rotatable bonds is 9. The number of nitrogens with one attached hydrogen (secondary N) is 2. The molecule has 2 aromatic rings. The molecular weight excluding hydrogens is 565 g/mol. The quantitative estimate of drug-likeness (QED) is 0.317. The Kier molecular flexibility index (Phi) is 9.31. The van der Waals surface area contributed by atoms with Crippen LogP contribution in [0.1, 0.15) is 62.2 Å². The summed E-state index contributed by atoms with van der Waals surface area (Å²) in [4.78, 5) is 39.1. The minimum absolute atomic E-state index is 0.0477. The SMILES string of the molecule is CCOC(=O)C1CCC(Oc2cc(C(=O)N[C@@H]3[C@H]4CC[C@H](C4)[C@@H]3C(=O)Nc3c(F)cccc3P)c(OC)cc2F)CC1. The van der Waals surface area contributed by atoms with Gasteiger partial charge in [-0.3, -0.25) is 14.4 Å². The smallest absolute Gasteiger partial charge is 0.308 e. The number of amides is 2. The van der Waals surface area contributed by atoms with Gasteiger partial charge >= 0.3 is 5.97 Å². The summed E-state index contributed by atoms with van der Waals surface area (Å²) < 4.78 is 45.9. The van der Waals surface area contributed by atoms with E-state index in [-0.39, 0.29) is 58.5 Å². The van der Waals surface area contributed by atoms with Gasteiger partial charge in [0.15, 0.2) is 11.6 Å². The molecule has 2 aromatic carbocycles. The summed E-state index contributed by atoms with van der Waals surface area (Å²) in [5, 5.41) is 6.29. The zero-order valence-electron chi connectivity index (χ0n) is 23.8. The van der Waals surface area contributed by atoms with Crippen molar-refractivity contribution in [1.29, 1.82) is 0 Å². The third-order valence-electron chi connectivity index (χ3n) is 8.90. The molecule has 0 aromatic heterocycles. The second-order valence-electron chi connectivity index (χ2n) is 11.4. The molecule has 226 valence electrons. The molecule has 0 aliphatic heterocycles. The van der Waals surface area contributed by atoms with Gasteiger partial charge in [-0.25, -0.2) is 8.78 Å². The van der Waals surface area contributed by atoms with E-state index in [0.717, 1.165) is 25.3 Å². The molecular formula is C31H37F2N2O6P. The van der Waals surface area contributed by atoms with Crippen LogP contribution >= 0.6 is 9.24 Å².